The zero-order valence-electron chi connectivity index (χ0n) is 16.4. The summed E-state index contributed by atoms with van der Waals surface area (Å²) in [6.07, 6.45) is -4.54. The zero-order valence-corrected chi connectivity index (χ0v) is 17.2. The molecule has 0 saturated heterocycles. The number of methoxy groups -OCH3 is 1. The first-order valence-corrected chi connectivity index (χ1v) is 9.18. The van der Waals surface area contributed by atoms with E-state index in [0.29, 0.717) is 5.57 Å². The number of benzene rings is 2. The van der Waals surface area contributed by atoms with Crippen LogP contribution in [-0.2, 0) is 12.6 Å². The van der Waals surface area contributed by atoms with Crippen LogP contribution in [0.3, 0.4) is 0 Å². The van der Waals surface area contributed by atoms with Gasteiger partial charge in [-0.05, 0) is 44.5 Å². The molecule has 0 aliphatic rings. The Labute approximate surface area is 175 Å². The first-order chi connectivity index (χ1) is 14.0. The smallest absolute Gasteiger partial charge is 0.420 e. The van der Waals surface area contributed by atoms with E-state index >= 15 is 0 Å². The first kappa shape index (κ1) is 21.8. The zero-order chi connectivity index (χ0) is 22.2. The monoisotopic (exact) mass is 439 g/mol. The number of halogens is 5. The quantitative estimate of drug-likeness (QED) is 0.196. The van der Waals surface area contributed by atoms with Crippen molar-refractivity contribution in [2.24, 2.45) is 0 Å². The molecule has 0 amide bonds. The fraction of sp³-hybridized carbons (Fsp3) is 0.238. The minimum absolute atomic E-state index is 0.00364. The molecule has 1 aromatic heterocycles. The third-order valence-corrected chi connectivity index (χ3v) is 4.74. The SMILES string of the molecule is C=C(C)Cc1cc(N(Cl)c2cccc3nc(C)nc(F)c23)cc(C(F)(F)F)c1OC. The van der Waals surface area contributed by atoms with Crippen LogP contribution in [0.5, 0.6) is 5.75 Å². The van der Waals surface area contributed by atoms with Gasteiger partial charge in [0.25, 0.3) is 0 Å². The van der Waals surface area contributed by atoms with E-state index in [4.69, 9.17) is 16.5 Å². The molecule has 2 aromatic carbocycles. The van der Waals surface area contributed by atoms with Gasteiger partial charge in [0.2, 0.25) is 5.95 Å². The van der Waals surface area contributed by atoms with Crippen molar-refractivity contribution in [1.82, 2.24) is 9.97 Å². The van der Waals surface area contributed by atoms with E-state index < -0.39 is 17.7 Å². The van der Waals surface area contributed by atoms with Gasteiger partial charge in [-0.25, -0.2) is 9.97 Å². The van der Waals surface area contributed by atoms with Crippen LogP contribution in [0.2, 0.25) is 0 Å². The molecule has 158 valence electrons. The lowest BCUT2D eigenvalue weighted by Crippen LogP contribution is -2.13. The average molecular weight is 440 g/mol. The second-order valence-electron chi connectivity index (χ2n) is 6.83. The van der Waals surface area contributed by atoms with Gasteiger partial charge in [-0.15, -0.1) is 0 Å². The normalized spacial score (nSPS) is 11.6. The lowest BCUT2D eigenvalue weighted by atomic mass is 10.0. The standard InChI is InChI=1S/C21H18ClF4N3O/c1-11(2)8-13-9-14(10-15(19(13)30-4)21(24,25)26)29(22)17-7-5-6-16-18(17)20(23)28-12(3)27-16/h5-7,9-10H,1,8H2,2-4H3. The Hall–Kier alpha value is -2.87. The number of hydrogen-bond donors (Lipinski definition) is 0. The molecule has 0 aliphatic heterocycles. The number of fused-ring (bicyclic) bond motifs is 1. The Morgan fingerprint density at radius 3 is 2.53 bits per heavy atom. The summed E-state index contributed by atoms with van der Waals surface area (Å²) in [7, 11) is 1.17. The lowest BCUT2D eigenvalue weighted by molar-refractivity contribution is -0.138. The van der Waals surface area contributed by atoms with Crippen molar-refractivity contribution in [3.8, 4) is 5.75 Å². The second-order valence-corrected chi connectivity index (χ2v) is 7.17. The summed E-state index contributed by atoms with van der Waals surface area (Å²) in [5.74, 6) is -0.890. The molecule has 9 heteroatoms. The summed E-state index contributed by atoms with van der Waals surface area (Å²) < 4.78 is 61.7. The summed E-state index contributed by atoms with van der Waals surface area (Å²) in [6, 6.07) is 6.96. The number of alkyl halides is 3. The van der Waals surface area contributed by atoms with Crippen LogP contribution in [0.4, 0.5) is 28.9 Å². The minimum Gasteiger partial charge on any atom is -0.496 e. The topological polar surface area (TPSA) is 38.2 Å². The average Bonchev–Trinajstić information content (AvgIpc) is 2.64. The maximum absolute atomic E-state index is 14.6. The molecular weight excluding hydrogens is 422 g/mol. The molecule has 0 spiro atoms. The summed E-state index contributed by atoms with van der Waals surface area (Å²) in [5, 5.41) is 0.00364. The van der Waals surface area contributed by atoms with Gasteiger partial charge in [0.05, 0.1) is 35.0 Å². The fourth-order valence-electron chi connectivity index (χ4n) is 3.23. The number of rotatable bonds is 5. The Bertz CT molecular complexity index is 1130. The molecule has 0 aliphatic carbocycles. The van der Waals surface area contributed by atoms with E-state index in [1.165, 1.54) is 26.2 Å². The van der Waals surface area contributed by atoms with Crippen molar-refractivity contribution in [3.05, 3.63) is 65.4 Å². The highest BCUT2D eigenvalue weighted by Crippen LogP contribution is 2.44. The van der Waals surface area contributed by atoms with Crippen molar-refractivity contribution in [1.29, 1.82) is 0 Å². The van der Waals surface area contributed by atoms with Gasteiger partial charge in [-0.1, -0.05) is 18.2 Å². The van der Waals surface area contributed by atoms with Gasteiger partial charge in [-0.3, -0.25) is 4.42 Å². The minimum atomic E-state index is -4.69. The molecule has 0 saturated carbocycles. The highest BCUT2D eigenvalue weighted by atomic mass is 35.5. The maximum Gasteiger partial charge on any atom is 0.420 e. The number of aryl methyl sites for hydroxylation is 1. The van der Waals surface area contributed by atoms with Crippen LogP contribution in [0.15, 0.2) is 42.5 Å². The van der Waals surface area contributed by atoms with E-state index in [9.17, 15) is 17.6 Å². The van der Waals surface area contributed by atoms with Crippen LogP contribution in [0.25, 0.3) is 10.9 Å². The number of aromatic nitrogens is 2. The Kier molecular flexibility index (Phi) is 5.90. The molecule has 0 radical (unpaired) electrons. The van der Waals surface area contributed by atoms with E-state index in [0.717, 1.165) is 10.5 Å². The van der Waals surface area contributed by atoms with E-state index in [-0.39, 0.29) is 45.8 Å². The molecule has 4 nitrogen and oxygen atoms in total. The highest BCUT2D eigenvalue weighted by Gasteiger charge is 2.36. The van der Waals surface area contributed by atoms with Gasteiger partial charge < -0.3 is 4.74 Å². The van der Waals surface area contributed by atoms with Crippen LogP contribution in [-0.4, -0.2) is 17.1 Å². The summed E-state index contributed by atoms with van der Waals surface area (Å²) >= 11 is 6.43. The van der Waals surface area contributed by atoms with Gasteiger partial charge in [0.15, 0.2) is 0 Å². The molecule has 30 heavy (non-hydrogen) atoms. The molecule has 0 unspecified atom stereocenters. The van der Waals surface area contributed by atoms with Crippen molar-refractivity contribution in [3.63, 3.8) is 0 Å². The Morgan fingerprint density at radius 2 is 1.93 bits per heavy atom. The van der Waals surface area contributed by atoms with Crippen LogP contribution in [0, 0.1) is 12.9 Å². The van der Waals surface area contributed by atoms with Gasteiger partial charge in [-0.2, -0.15) is 17.6 Å². The van der Waals surface area contributed by atoms with Crippen molar-refractivity contribution >= 4 is 34.1 Å². The van der Waals surface area contributed by atoms with Crippen LogP contribution in [0.1, 0.15) is 23.9 Å². The number of anilines is 2. The number of allylic oxidation sites excluding steroid dienone is 1. The van der Waals surface area contributed by atoms with Gasteiger partial charge in [0.1, 0.15) is 11.6 Å². The Morgan fingerprint density at radius 1 is 1.23 bits per heavy atom. The molecule has 3 aromatic rings. The molecule has 1 heterocycles. The number of nitrogens with zero attached hydrogens (tertiary/aromatic N) is 3. The first-order valence-electron chi connectivity index (χ1n) is 8.84. The molecule has 0 fully saturated rings. The van der Waals surface area contributed by atoms with Gasteiger partial charge in [0, 0.05) is 17.3 Å². The maximum atomic E-state index is 14.6. The predicted molar refractivity (Wildman–Crippen MR) is 109 cm³/mol. The summed E-state index contributed by atoms with van der Waals surface area (Å²) in [4.78, 5) is 7.87. The fourth-order valence-corrected chi connectivity index (χ4v) is 3.46. The van der Waals surface area contributed by atoms with E-state index in [2.05, 4.69) is 16.5 Å². The van der Waals surface area contributed by atoms with Gasteiger partial charge >= 0.3 is 6.18 Å². The molecule has 3 rings (SSSR count). The third kappa shape index (κ3) is 4.18. The number of hydrogen-bond acceptors (Lipinski definition) is 4. The molecule has 0 bridgehead atoms. The molecular formula is C21H18ClF4N3O. The summed E-state index contributed by atoms with van der Waals surface area (Å²) in [5.41, 5.74) is 0.305. The highest BCUT2D eigenvalue weighted by molar-refractivity contribution is 6.31. The summed E-state index contributed by atoms with van der Waals surface area (Å²) in [6.45, 7) is 6.99. The molecule has 0 N–H and O–H groups in total. The second kappa shape index (κ2) is 8.10. The van der Waals surface area contributed by atoms with Crippen molar-refractivity contribution in [2.75, 3.05) is 11.5 Å². The van der Waals surface area contributed by atoms with Crippen LogP contribution >= 0.6 is 11.8 Å². The third-order valence-electron chi connectivity index (χ3n) is 4.36. The van der Waals surface area contributed by atoms with Crippen molar-refractivity contribution in [2.45, 2.75) is 26.4 Å². The van der Waals surface area contributed by atoms with Crippen LogP contribution < -0.4 is 9.16 Å². The van der Waals surface area contributed by atoms with E-state index in [1.807, 2.05) is 0 Å². The lowest BCUT2D eigenvalue weighted by Gasteiger charge is -2.23. The molecule has 0 atom stereocenters. The van der Waals surface area contributed by atoms with E-state index in [1.54, 1.807) is 19.1 Å². The largest absolute Gasteiger partial charge is 0.496 e. The Balaban J connectivity index is 2.25. The number of ether oxygens (including phenoxy) is 1. The predicted octanol–water partition coefficient (Wildman–Crippen LogP) is 6.52. The van der Waals surface area contributed by atoms with Crippen molar-refractivity contribution < 1.29 is 22.3 Å².